The molecular weight excluding hydrogens is 196 g/mol. The molecule has 1 atom stereocenters. The number of hydrogen-bond donors (Lipinski definition) is 2. The minimum atomic E-state index is 0.607. The summed E-state index contributed by atoms with van der Waals surface area (Å²) in [6, 6.07) is 7.74. The summed E-state index contributed by atoms with van der Waals surface area (Å²) in [4.78, 5) is 0. The molecule has 1 unspecified atom stereocenters. The van der Waals surface area contributed by atoms with Gasteiger partial charge in [-0.1, -0.05) is 18.5 Å². The third-order valence-electron chi connectivity index (χ3n) is 2.16. The molecule has 2 nitrogen and oxygen atoms in total. The van der Waals surface area contributed by atoms with E-state index in [9.17, 15) is 0 Å². The Hall–Kier alpha value is -0.730. The topological polar surface area (TPSA) is 38.0 Å². The highest BCUT2D eigenvalue weighted by Crippen LogP contribution is 2.14. The van der Waals surface area contributed by atoms with Crippen LogP contribution in [-0.2, 0) is 0 Å². The molecule has 0 fully saturated rings. The van der Waals surface area contributed by atoms with Crippen molar-refractivity contribution in [2.24, 2.45) is 11.7 Å². The van der Waals surface area contributed by atoms with Crippen molar-refractivity contribution in [1.29, 1.82) is 0 Å². The van der Waals surface area contributed by atoms with Gasteiger partial charge in [-0.15, -0.1) is 0 Å². The zero-order chi connectivity index (χ0) is 10.4. The first-order valence-electron chi connectivity index (χ1n) is 4.92. The van der Waals surface area contributed by atoms with Gasteiger partial charge in [-0.05, 0) is 43.1 Å². The monoisotopic (exact) mass is 212 g/mol. The predicted octanol–water partition coefficient (Wildman–Crippen LogP) is 2.74. The average Bonchev–Trinajstić information content (AvgIpc) is 2.17. The lowest BCUT2D eigenvalue weighted by molar-refractivity contribution is 0.568. The summed E-state index contributed by atoms with van der Waals surface area (Å²) >= 11 is 5.78. The molecule has 3 N–H and O–H groups in total. The molecule has 0 heterocycles. The first-order chi connectivity index (χ1) is 6.72. The van der Waals surface area contributed by atoms with Crippen LogP contribution < -0.4 is 11.1 Å². The lowest BCUT2D eigenvalue weighted by atomic mass is 10.1. The largest absolute Gasteiger partial charge is 0.385 e. The SMILES string of the molecule is CC(CCN)CNc1ccc(Cl)cc1. The van der Waals surface area contributed by atoms with Crippen LogP contribution in [0.25, 0.3) is 0 Å². The molecule has 0 spiro atoms. The molecule has 0 aliphatic carbocycles. The molecule has 14 heavy (non-hydrogen) atoms. The van der Waals surface area contributed by atoms with Crippen LogP contribution in [0.1, 0.15) is 13.3 Å². The highest BCUT2D eigenvalue weighted by Gasteiger charge is 1.99. The van der Waals surface area contributed by atoms with Gasteiger partial charge in [0.2, 0.25) is 0 Å². The molecule has 1 aromatic rings. The summed E-state index contributed by atoms with van der Waals surface area (Å²) in [5, 5.41) is 4.11. The van der Waals surface area contributed by atoms with Gasteiger partial charge in [0.1, 0.15) is 0 Å². The van der Waals surface area contributed by atoms with Gasteiger partial charge < -0.3 is 11.1 Å². The molecule has 0 aliphatic heterocycles. The second-order valence-electron chi connectivity index (χ2n) is 3.57. The van der Waals surface area contributed by atoms with Crippen molar-refractivity contribution in [1.82, 2.24) is 0 Å². The van der Waals surface area contributed by atoms with E-state index in [0.29, 0.717) is 5.92 Å². The fraction of sp³-hybridized carbons (Fsp3) is 0.455. The third-order valence-corrected chi connectivity index (χ3v) is 2.41. The average molecular weight is 213 g/mol. The van der Waals surface area contributed by atoms with Crippen molar-refractivity contribution in [2.75, 3.05) is 18.4 Å². The van der Waals surface area contributed by atoms with Crippen LogP contribution in [0.3, 0.4) is 0 Å². The Morgan fingerprint density at radius 1 is 1.36 bits per heavy atom. The maximum absolute atomic E-state index is 5.78. The van der Waals surface area contributed by atoms with Crippen LogP contribution in [0.5, 0.6) is 0 Å². The summed E-state index contributed by atoms with van der Waals surface area (Å²) in [7, 11) is 0. The molecular formula is C11H17ClN2. The summed E-state index contributed by atoms with van der Waals surface area (Å²) in [6.07, 6.45) is 1.06. The Morgan fingerprint density at radius 2 is 2.00 bits per heavy atom. The Labute approximate surface area is 90.4 Å². The number of halogens is 1. The highest BCUT2D eigenvalue weighted by atomic mass is 35.5. The van der Waals surface area contributed by atoms with E-state index in [0.717, 1.165) is 30.2 Å². The highest BCUT2D eigenvalue weighted by molar-refractivity contribution is 6.30. The number of anilines is 1. The Balaban J connectivity index is 2.34. The van der Waals surface area contributed by atoms with Crippen molar-refractivity contribution in [3.05, 3.63) is 29.3 Å². The van der Waals surface area contributed by atoms with Crippen LogP contribution in [-0.4, -0.2) is 13.1 Å². The zero-order valence-corrected chi connectivity index (χ0v) is 9.22. The Morgan fingerprint density at radius 3 is 2.57 bits per heavy atom. The van der Waals surface area contributed by atoms with E-state index in [1.54, 1.807) is 0 Å². The van der Waals surface area contributed by atoms with Gasteiger partial charge in [0.25, 0.3) is 0 Å². The second kappa shape index (κ2) is 5.89. The van der Waals surface area contributed by atoms with Crippen LogP contribution >= 0.6 is 11.6 Å². The van der Waals surface area contributed by atoms with Gasteiger partial charge in [0, 0.05) is 17.3 Å². The second-order valence-corrected chi connectivity index (χ2v) is 4.01. The number of benzene rings is 1. The molecule has 0 saturated heterocycles. The zero-order valence-electron chi connectivity index (χ0n) is 8.46. The third kappa shape index (κ3) is 3.99. The van der Waals surface area contributed by atoms with E-state index in [1.165, 1.54) is 0 Å². The minimum Gasteiger partial charge on any atom is -0.385 e. The van der Waals surface area contributed by atoms with Crippen molar-refractivity contribution < 1.29 is 0 Å². The first kappa shape index (κ1) is 11.3. The Bertz CT molecular complexity index is 258. The molecule has 1 aromatic carbocycles. The van der Waals surface area contributed by atoms with E-state index in [2.05, 4.69) is 12.2 Å². The van der Waals surface area contributed by atoms with Crippen LogP contribution in [0.4, 0.5) is 5.69 Å². The predicted molar refractivity (Wildman–Crippen MR) is 62.8 cm³/mol. The fourth-order valence-electron chi connectivity index (χ4n) is 1.25. The summed E-state index contributed by atoms with van der Waals surface area (Å²) in [5.74, 6) is 0.607. The van der Waals surface area contributed by atoms with E-state index in [1.807, 2.05) is 24.3 Å². The number of hydrogen-bond acceptors (Lipinski definition) is 2. The maximum atomic E-state index is 5.78. The van der Waals surface area contributed by atoms with Crippen LogP contribution in [0, 0.1) is 5.92 Å². The molecule has 0 saturated carbocycles. The van der Waals surface area contributed by atoms with Crippen molar-refractivity contribution in [3.63, 3.8) is 0 Å². The molecule has 3 heteroatoms. The standard InChI is InChI=1S/C11H17ClN2/c1-9(6-7-13)8-14-11-4-2-10(12)3-5-11/h2-5,9,14H,6-8,13H2,1H3. The van der Waals surface area contributed by atoms with Gasteiger partial charge in [0.05, 0.1) is 0 Å². The fourth-order valence-corrected chi connectivity index (χ4v) is 1.37. The van der Waals surface area contributed by atoms with Crippen molar-refractivity contribution in [2.45, 2.75) is 13.3 Å². The smallest absolute Gasteiger partial charge is 0.0407 e. The molecule has 0 amide bonds. The van der Waals surface area contributed by atoms with Crippen molar-refractivity contribution >= 4 is 17.3 Å². The Kier molecular flexibility index (Phi) is 4.77. The summed E-state index contributed by atoms with van der Waals surface area (Å²) < 4.78 is 0. The van der Waals surface area contributed by atoms with Crippen molar-refractivity contribution in [3.8, 4) is 0 Å². The van der Waals surface area contributed by atoms with E-state index in [4.69, 9.17) is 17.3 Å². The van der Waals surface area contributed by atoms with Crippen LogP contribution in [0.15, 0.2) is 24.3 Å². The number of rotatable bonds is 5. The molecule has 0 bridgehead atoms. The minimum absolute atomic E-state index is 0.607. The van der Waals surface area contributed by atoms with Gasteiger partial charge in [-0.25, -0.2) is 0 Å². The van der Waals surface area contributed by atoms with E-state index in [-0.39, 0.29) is 0 Å². The van der Waals surface area contributed by atoms with Gasteiger partial charge >= 0.3 is 0 Å². The van der Waals surface area contributed by atoms with Gasteiger partial charge in [0.15, 0.2) is 0 Å². The van der Waals surface area contributed by atoms with Crippen LogP contribution in [0.2, 0.25) is 5.02 Å². The molecule has 1 rings (SSSR count). The lowest BCUT2D eigenvalue weighted by Crippen LogP contribution is -2.15. The molecule has 78 valence electrons. The van der Waals surface area contributed by atoms with E-state index >= 15 is 0 Å². The van der Waals surface area contributed by atoms with Gasteiger partial charge in [-0.3, -0.25) is 0 Å². The molecule has 0 radical (unpaired) electrons. The normalized spacial score (nSPS) is 12.5. The molecule has 0 aromatic heterocycles. The van der Waals surface area contributed by atoms with E-state index < -0.39 is 0 Å². The maximum Gasteiger partial charge on any atom is 0.0407 e. The summed E-state index contributed by atoms with van der Waals surface area (Å²) in [6.45, 7) is 3.90. The quantitative estimate of drug-likeness (QED) is 0.788. The lowest BCUT2D eigenvalue weighted by Gasteiger charge is -2.12. The number of nitrogens with two attached hydrogens (primary N) is 1. The molecule has 0 aliphatic rings. The number of nitrogens with one attached hydrogen (secondary N) is 1. The summed E-state index contributed by atoms with van der Waals surface area (Å²) in [5.41, 5.74) is 6.58. The first-order valence-corrected chi connectivity index (χ1v) is 5.29. The van der Waals surface area contributed by atoms with Gasteiger partial charge in [-0.2, -0.15) is 0 Å².